The van der Waals surface area contributed by atoms with Crippen LogP contribution < -0.4 is 5.32 Å². The summed E-state index contributed by atoms with van der Waals surface area (Å²) in [5, 5.41) is 3.33. The fourth-order valence-corrected chi connectivity index (χ4v) is 2.31. The van der Waals surface area contributed by atoms with Crippen LogP contribution in [0.1, 0.15) is 53.4 Å². The van der Waals surface area contributed by atoms with Crippen LogP contribution in [0.15, 0.2) is 0 Å². The summed E-state index contributed by atoms with van der Waals surface area (Å²) in [6.07, 6.45) is 5.47. The zero-order valence-corrected chi connectivity index (χ0v) is 10.8. The molecule has 0 amide bonds. The van der Waals surface area contributed by atoms with Gasteiger partial charge in [0.25, 0.3) is 0 Å². The van der Waals surface area contributed by atoms with Crippen molar-refractivity contribution in [1.29, 1.82) is 0 Å². The summed E-state index contributed by atoms with van der Waals surface area (Å²) in [6, 6.07) is 0. The highest BCUT2D eigenvalue weighted by atomic mass is 14.8. The van der Waals surface area contributed by atoms with Crippen LogP contribution >= 0.6 is 0 Å². The van der Waals surface area contributed by atoms with Crippen LogP contribution in [0.5, 0.6) is 0 Å². The molecule has 1 nitrogen and oxygen atoms in total. The van der Waals surface area contributed by atoms with Gasteiger partial charge in [-0.2, -0.15) is 0 Å². The van der Waals surface area contributed by atoms with E-state index in [0.29, 0.717) is 0 Å². The van der Waals surface area contributed by atoms with E-state index in [9.17, 15) is 0 Å². The van der Waals surface area contributed by atoms with Gasteiger partial charge >= 0.3 is 0 Å². The van der Waals surface area contributed by atoms with Crippen LogP contribution in [-0.2, 0) is 0 Å². The molecule has 0 bridgehead atoms. The molecule has 0 spiro atoms. The van der Waals surface area contributed by atoms with E-state index >= 15 is 0 Å². The molecule has 14 heavy (non-hydrogen) atoms. The lowest BCUT2D eigenvalue weighted by Crippen LogP contribution is -2.22. The SMILES string of the molecule is CCC(CC)CC(CNC)CC(C)C. The molecule has 1 atom stereocenters. The van der Waals surface area contributed by atoms with Gasteiger partial charge in [0.05, 0.1) is 0 Å². The minimum Gasteiger partial charge on any atom is -0.319 e. The summed E-state index contributed by atoms with van der Waals surface area (Å²) in [4.78, 5) is 0. The van der Waals surface area contributed by atoms with Crippen molar-refractivity contribution >= 4 is 0 Å². The highest BCUT2D eigenvalue weighted by molar-refractivity contribution is 4.68. The van der Waals surface area contributed by atoms with E-state index in [0.717, 1.165) is 17.8 Å². The monoisotopic (exact) mass is 199 g/mol. The first-order chi connectivity index (χ1) is 6.63. The second kappa shape index (κ2) is 8.28. The highest BCUT2D eigenvalue weighted by Gasteiger charge is 2.14. The van der Waals surface area contributed by atoms with Crippen molar-refractivity contribution in [3.8, 4) is 0 Å². The molecule has 0 aliphatic heterocycles. The Morgan fingerprint density at radius 1 is 0.929 bits per heavy atom. The first-order valence-electron chi connectivity index (χ1n) is 6.28. The Morgan fingerprint density at radius 3 is 1.86 bits per heavy atom. The molecule has 1 unspecified atom stereocenters. The second-order valence-electron chi connectivity index (χ2n) is 4.97. The summed E-state index contributed by atoms with van der Waals surface area (Å²) < 4.78 is 0. The predicted molar refractivity (Wildman–Crippen MR) is 65.6 cm³/mol. The third-order valence-corrected chi connectivity index (χ3v) is 3.12. The first-order valence-corrected chi connectivity index (χ1v) is 6.28. The number of nitrogens with one attached hydrogen (secondary N) is 1. The molecule has 1 heteroatoms. The predicted octanol–water partition coefficient (Wildman–Crippen LogP) is 3.69. The van der Waals surface area contributed by atoms with Gasteiger partial charge in [0, 0.05) is 0 Å². The summed E-state index contributed by atoms with van der Waals surface area (Å²) in [7, 11) is 2.07. The van der Waals surface area contributed by atoms with Gasteiger partial charge in [-0.05, 0) is 44.2 Å². The van der Waals surface area contributed by atoms with Crippen LogP contribution in [-0.4, -0.2) is 13.6 Å². The normalized spacial score (nSPS) is 13.9. The summed E-state index contributed by atoms with van der Waals surface area (Å²) >= 11 is 0. The Kier molecular flexibility index (Phi) is 8.26. The lowest BCUT2D eigenvalue weighted by Gasteiger charge is -2.23. The van der Waals surface area contributed by atoms with Crippen molar-refractivity contribution in [2.45, 2.75) is 53.4 Å². The zero-order chi connectivity index (χ0) is 11.0. The van der Waals surface area contributed by atoms with Gasteiger partial charge in [-0.3, -0.25) is 0 Å². The maximum Gasteiger partial charge on any atom is -0.00233 e. The topological polar surface area (TPSA) is 12.0 Å². The molecular formula is C13H29N. The van der Waals surface area contributed by atoms with Gasteiger partial charge < -0.3 is 5.32 Å². The Balaban J connectivity index is 3.92. The van der Waals surface area contributed by atoms with Crippen molar-refractivity contribution in [1.82, 2.24) is 5.32 Å². The van der Waals surface area contributed by atoms with Crippen LogP contribution in [0.2, 0.25) is 0 Å². The smallest absolute Gasteiger partial charge is 0.00233 e. The maximum atomic E-state index is 3.33. The van der Waals surface area contributed by atoms with Crippen molar-refractivity contribution in [2.24, 2.45) is 17.8 Å². The molecule has 0 saturated heterocycles. The van der Waals surface area contributed by atoms with Crippen molar-refractivity contribution < 1.29 is 0 Å². The standard InChI is InChI=1S/C13H29N/c1-6-12(7-2)9-13(10-14-5)8-11(3)4/h11-14H,6-10H2,1-5H3. The number of hydrogen-bond acceptors (Lipinski definition) is 1. The van der Waals surface area contributed by atoms with E-state index in [1.165, 1.54) is 32.2 Å². The second-order valence-corrected chi connectivity index (χ2v) is 4.97. The molecule has 0 saturated carbocycles. The fraction of sp³-hybridized carbons (Fsp3) is 1.00. The largest absolute Gasteiger partial charge is 0.319 e. The van der Waals surface area contributed by atoms with Crippen LogP contribution in [0.25, 0.3) is 0 Å². The molecule has 0 rings (SSSR count). The molecule has 0 aliphatic carbocycles. The summed E-state index contributed by atoms with van der Waals surface area (Å²) in [5.74, 6) is 2.65. The van der Waals surface area contributed by atoms with Crippen LogP contribution in [0.4, 0.5) is 0 Å². The Hall–Kier alpha value is -0.0400. The van der Waals surface area contributed by atoms with Crippen molar-refractivity contribution in [3.05, 3.63) is 0 Å². The lowest BCUT2D eigenvalue weighted by atomic mass is 9.86. The van der Waals surface area contributed by atoms with Gasteiger partial charge in [-0.25, -0.2) is 0 Å². The third-order valence-electron chi connectivity index (χ3n) is 3.12. The average Bonchev–Trinajstić information content (AvgIpc) is 2.13. The number of rotatable bonds is 8. The van der Waals surface area contributed by atoms with E-state index in [2.05, 4.69) is 40.1 Å². The van der Waals surface area contributed by atoms with Gasteiger partial charge in [0.1, 0.15) is 0 Å². The Labute approximate surface area is 90.7 Å². The van der Waals surface area contributed by atoms with E-state index in [1.807, 2.05) is 0 Å². The zero-order valence-electron chi connectivity index (χ0n) is 10.8. The average molecular weight is 199 g/mol. The van der Waals surface area contributed by atoms with Gasteiger partial charge in [0.15, 0.2) is 0 Å². The van der Waals surface area contributed by atoms with E-state index in [4.69, 9.17) is 0 Å². The third kappa shape index (κ3) is 6.42. The number of hydrogen-bond donors (Lipinski definition) is 1. The van der Waals surface area contributed by atoms with Gasteiger partial charge in [0.2, 0.25) is 0 Å². The maximum absolute atomic E-state index is 3.33. The van der Waals surface area contributed by atoms with E-state index < -0.39 is 0 Å². The first kappa shape index (κ1) is 14.0. The fourth-order valence-electron chi connectivity index (χ4n) is 2.31. The molecular weight excluding hydrogens is 170 g/mol. The molecule has 1 N–H and O–H groups in total. The lowest BCUT2D eigenvalue weighted by molar-refractivity contribution is 0.303. The molecule has 0 aromatic rings. The Bertz CT molecular complexity index is 116. The van der Waals surface area contributed by atoms with E-state index in [1.54, 1.807) is 0 Å². The van der Waals surface area contributed by atoms with E-state index in [-0.39, 0.29) is 0 Å². The van der Waals surface area contributed by atoms with Gasteiger partial charge in [-0.1, -0.05) is 40.5 Å². The minimum atomic E-state index is 0.836. The molecule has 0 heterocycles. The quantitative estimate of drug-likeness (QED) is 0.628. The molecule has 0 fully saturated rings. The molecule has 0 aromatic carbocycles. The minimum absolute atomic E-state index is 0.836. The molecule has 0 aromatic heterocycles. The molecule has 86 valence electrons. The van der Waals surface area contributed by atoms with Gasteiger partial charge in [-0.15, -0.1) is 0 Å². The molecule has 0 radical (unpaired) electrons. The highest BCUT2D eigenvalue weighted by Crippen LogP contribution is 2.23. The van der Waals surface area contributed by atoms with Crippen molar-refractivity contribution in [3.63, 3.8) is 0 Å². The molecule has 0 aliphatic rings. The van der Waals surface area contributed by atoms with Crippen LogP contribution in [0.3, 0.4) is 0 Å². The Morgan fingerprint density at radius 2 is 1.50 bits per heavy atom. The summed E-state index contributed by atoms with van der Waals surface area (Å²) in [5.41, 5.74) is 0. The van der Waals surface area contributed by atoms with Crippen LogP contribution in [0, 0.1) is 17.8 Å². The van der Waals surface area contributed by atoms with Crippen molar-refractivity contribution in [2.75, 3.05) is 13.6 Å². The summed E-state index contributed by atoms with van der Waals surface area (Å²) in [6.45, 7) is 10.5.